The molecule has 0 bridgehead atoms. The molecule has 2 aromatic rings. The third-order valence-corrected chi connectivity index (χ3v) is 3.40. The van der Waals surface area contributed by atoms with E-state index in [-0.39, 0.29) is 18.0 Å². The quantitative estimate of drug-likeness (QED) is 0.621. The van der Waals surface area contributed by atoms with Crippen molar-refractivity contribution < 1.29 is 9.59 Å². The van der Waals surface area contributed by atoms with E-state index < -0.39 is 0 Å². The molecule has 0 atom stereocenters. The minimum Gasteiger partial charge on any atom is -0.294 e. The predicted molar refractivity (Wildman–Crippen MR) is 69.0 cm³/mol. The molecule has 0 saturated carbocycles. The van der Waals surface area contributed by atoms with E-state index in [1.54, 1.807) is 35.7 Å². The summed E-state index contributed by atoms with van der Waals surface area (Å²) >= 11 is 7.03. The molecule has 4 heteroatoms. The van der Waals surface area contributed by atoms with E-state index in [9.17, 15) is 9.59 Å². The third kappa shape index (κ3) is 3.02. The van der Waals surface area contributed by atoms with Crippen LogP contribution in [0.3, 0.4) is 0 Å². The summed E-state index contributed by atoms with van der Waals surface area (Å²) in [5, 5.41) is 1.67. The number of rotatable bonds is 4. The minimum atomic E-state index is -0.193. The number of hydrogen-bond donors (Lipinski definition) is 0. The van der Waals surface area contributed by atoms with Crippen LogP contribution in [0.2, 0.25) is 4.34 Å². The second kappa shape index (κ2) is 5.25. The first kappa shape index (κ1) is 12.0. The van der Waals surface area contributed by atoms with Crippen LogP contribution in [0.15, 0.2) is 41.8 Å². The Morgan fingerprint density at radius 1 is 1.06 bits per heavy atom. The van der Waals surface area contributed by atoms with Crippen LogP contribution in [-0.4, -0.2) is 11.6 Å². The summed E-state index contributed by atoms with van der Waals surface area (Å²) in [5.41, 5.74) is 1.06. The Morgan fingerprint density at radius 2 is 1.71 bits per heavy atom. The Balaban J connectivity index is 2.07. The van der Waals surface area contributed by atoms with Crippen LogP contribution in [0.25, 0.3) is 0 Å². The van der Waals surface area contributed by atoms with E-state index in [2.05, 4.69) is 0 Å². The highest BCUT2D eigenvalue weighted by Gasteiger charge is 2.14. The average molecular weight is 265 g/mol. The van der Waals surface area contributed by atoms with Gasteiger partial charge in [0.25, 0.3) is 0 Å². The van der Waals surface area contributed by atoms with Crippen molar-refractivity contribution >= 4 is 34.5 Å². The van der Waals surface area contributed by atoms with Crippen LogP contribution >= 0.6 is 22.9 Å². The van der Waals surface area contributed by atoms with Gasteiger partial charge in [-0.1, -0.05) is 41.9 Å². The maximum atomic E-state index is 11.8. The van der Waals surface area contributed by atoms with Crippen molar-refractivity contribution in [3.05, 3.63) is 57.2 Å². The van der Waals surface area contributed by atoms with Gasteiger partial charge in [-0.15, -0.1) is 11.3 Å². The lowest BCUT2D eigenvalue weighted by Crippen LogP contribution is -2.07. The zero-order valence-electron chi connectivity index (χ0n) is 8.85. The first-order valence-electron chi connectivity index (χ1n) is 5.02. The molecule has 0 aliphatic rings. The van der Waals surface area contributed by atoms with Gasteiger partial charge in [-0.05, 0) is 6.07 Å². The van der Waals surface area contributed by atoms with Crippen LogP contribution in [0.1, 0.15) is 27.1 Å². The van der Waals surface area contributed by atoms with Gasteiger partial charge in [0, 0.05) is 16.5 Å². The molecule has 2 nitrogen and oxygen atoms in total. The lowest BCUT2D eigenvalue weighted by atomic mass is 10.0. The fourth-order valence-electron chi connectivity index (χ4n) is 1.43. The van der Waals surface area contributed by atoms with E-state index >= 15 is 0 Å². The van der Waals surface area contributed by atoms with E-state index in [1.807, 2.05) is 6.07 Å². The van der Waals surface area contributed by atoms with Gasteiger partial charge >= 0.3 is 0 Å². The Labute approximate surface area is 108 Å². The lowest BCUT2D eigenvalue weighted by molar-refractivity contribution is 0.0894. The Bertz CT molecular complexity index is 546. The average Bonchev–Trinajstić information content (AvgIpc) is 2.77. The number of thiophene rings is 1. The van der Waals surface area contributed by atoms with Gasteiger partial charge in [-0.3, -0.25) is 9.59 Å². The molecule has 0 fully saturated rings. The van der Waals surface area contributed by atoms with Crippen molar-refractivity contribution in [1.29, 1.82) is 0 Å². The second-order valence-corrected chi connectivity index (χ2v) is 5.07. The number of halogens is 1. The summed E-state index contributed by atoms with van der Waals surface area (Å²) in [6, 6.07) is 10.4. The van der Waals surface area contributed by atoms with E-state index in [4.69, 9.17) is 11.6 Å². The molecule has 17 heavy (non-hydrogen) atoms. The second-order valence-electron chi connectivity index (χ2n) is 3.53. The zero-order valence-corrected chi connectivity index (χ0v) is 10.4. The van der Waals surface area contributed by atoms with Crippen molar-refractivity contribution in [2.24, 2.45) is 0 Å². The van der Waals surface area contributed by atoms with E-state index in [1.165, 1.54) is 11.3 Å². The summed E-state index contributed by atoms with van der Waals surface area (Å²) < 4.78 is 0.556. The van der Waals surface area contributed by atoms with E-state index in [0.29, 0.717) is 15.5 Å². The van der Waals surface area contributed by atoms with Crippen molar-refractivity contribution in [2.45, 2.75) is 6.42 Å². The molecule has 1 aromatic heterocycles. The maximum Gasteiger partial charge on any atom is 0.171 e. The molecule has 1 aromatic carbocycles. The third-order valence-electron chi connectivity index (χ3n) is 2.31. The van der Waals surface area contributed by atoms with Crippen LogP contribution in [0, 0.1) is 0 Å². The fraction of sp³-hybridized carbons (Fsp3) is 0.0769. The minimum absolute atomic E-state index is 0.114. The lowest BCUT2D eigenvalue weighted by Gasteiger charge is -1.98. The molecule has 2 rings (SSSR count). The van der Waals surface area contributed by atoms with Crippen LogP contribution < -0.4 is 0 Å². The first-order valence-corrected chi connectivity index (χ1v) is 6.28. The summed E-state index contributed by atoms with van der Waals surface area (Å²) in [7, 11) is 0. The monoisotopic (exact) mass is 264 g/mol. The van der Waals surface area contributed by atoms with Crippen LogP contribution in [0.5, 0.6) is 0 Å². The fourth-order valence-corrected chi connectivity index (χ4v) is 2.32. The summed E-state index contributed by atoms with van der Waals surface area (Å²) in [6.07, 6.45) is -0.114. The molecule has 0 N–H and O–H groups in total. The number of ketones is 2. The normalized spacial score (nSPS) is 10.2. The molecular formula is C13H9ClO2S. The molecule has 0 amide bonds. The predicted octanol–water partition coefficient (Wildman–Crippen LogP) is 3.86. The molecule has 1 heterocycles. The van der Waals surface area contributed by atoms with Gasteiger partial charge in [-0.2, -0.15) is 0 Å². The highest BCUT2D eigenvalue weighted by atomic mass is 35.5. The van der Waals surface area contributed by atoms with Gasteiger partial charge in [0.2, 0.25) is 0 Å². The van der Waals surface area contributed by atoms with Gasteiger partial charge in [0.15, 0.2) is 11.6 Å². The molecular weight excluding hydrogens is 256 g/mol. The van der Waals surface area contributed by atoms with Crippen LogP contribution in [-0.2, 0) is 0 Å². The van der Waals surface area contributed by atoms with E-state index in [0.717, 1.165) is 0 Å². The van der Waals surface area contributed by atoms with Gasteiger partial charge < -0.3 is 0 Å². The SMILES string of the molecule is O=C(CC(=O)c1csc(Cl)c1)c1ccccc1. The number of carbonyl (C=O) groups excluding carboxylic acids is 2. The standard InChI is InChI=1S/C13H9ClO2S/c14-13-6-10(8-17-13)12(16)7-11(15)9-4-2-1-3-5-9/h1-6,8H,7H2. The number of Topliss-reactive ketones (excluding diaryl/α,β-unsaturated/α-hetero) is 2. The highest BCUT2D eigenvalue weighted by molar-refractivity contribution is 7.14. The number of benzene rings is 1. The zero-order chi connectivity index (χ0) is 12.3. The van der Waals surface area contributed by atoms with Gasteiger partial charge in [0.05, 0.1) is 10.8 Å². The summed E-state index contributed by atoms with van der Waals surface area (Å²) in [4.78, 5) is 23.6. The number of hydrogen-bond acceptors (Lipinski definition) is 3. The molecule has 0 aliphatic carbocycles. The Hall–Kier alpha value is -1.45. The molecule has 0 spiro atoms. The molecule has 0 saturated heterocycles. The van der Waals surface area contributed by atoms with Crippen LogP contribution in [0.4, 0.5) is 0 Å². The number of carbonyl (C=O) groups is 2. The van der Waals surface area contributed by atoms with Crippen molar-refractivity contribution in [3.8, 4) is 0 Å². The maximum absolute atomic E-state index is 11.8. The molecule has 86 valence electrons. The first-order chi connectivity index (χ1) is 8.16. The Morgan fingerprint density at radius 3 is 2.29 bits per heavy atom. The molecule has 0 unspecified atom stereocenters. The summed E-state index contributed by atoms with van der Waals surface area (Å²) in [6.45, 7) is 0. The van der Waals surface area contributed by atoms with Gasteiger partial charge in [-0.25, -0.2) is 0 Å². The largest absolute Gasteiger partial charge is 0.294 e. The highest BCUT2D eigenvalue weighted by Crippen LogP contribution is 2.21. The van der Waals surface area contributed by atoms with Crippen molar-refractivity contribution in [3.63, 3.8) is 0 Å². The topological polar surface area (TPSA) is 34.1 Å². The molecule has 0 radical (unpaired) electrons. The van der Waals surface area contributed by atoms with Crippen molar-refractivity contribution in [1.82, 2.24) is 0 Å². The van der Waals surface area contributed by atoms with Crippen molar-refractivity contribution in [2.75, 3.05) is 0 Å². The smallest absolute Gasteiger partial charge is 0.171 e. The molecule has 0 aliphatic heterocycles. The summed E-state index contributed by atoms with van der Waals surface area (Å²) in [5.74, 6) is -0.361. The Kier molecular flexibility index (Phi) is 3.71. The van der Waals surface area contributed by atoms with Gasteiger partial charge in [0.1, 0.15) is 0 Å².